The zero-order chi connectivity index (χ0) is 26.8. The van der Waals surface area contributed by atoms with Crippen LogP contribution in [0.1, 0.15) is 43.5 Å². The largest absolute Gasteiger partial charge is 0.497 e. The molecule has 8 heteroatoms. The van der Waals surface area contributed by atoms with Gasteiger partial charge in [-0.05, 0) is 79.6 Å². The molecule has 2 unspecified atom stereocenters. The number of methoxy groups -OCH3 is 2. The lowest BCUT2D eigenvalue weighted by Gasteiger charge is -2.30. The van der Waals surface area contributed by atoms with Crippen LogP contribution in [0.25, 0.3) is 22.0 Å². The number of halogens is 1. The molecule has 1 heterocycles. The number of allylic oxidation sites excluding steroid dienone is 4. The lowest BCUT2D eigenvalue weighted by atomic mass is 9.81. The van der Waals surface area contributed by atoms with Gasteiger partial charge in [0.05, 0.1) is 25.1 Å². The first-order valence-corrected chi connectivity index (χ1v) is 13.8. The van der Waals surface area contributed by atoms with Crippen molar-refractivity contribution in [3.8, 4) is 11.5 Å². The molecule has 2 aromatic carbocycles. The fourth-order valence-electron chi connectivity index (χ4n) is 5.63. The smallest absolute Gasteiger partial charge is 0.261 e. The number of nitrogens with zero attached hydrogens (tertiary/aromatic N) is 2. The van der Waals surface area contributed by atoms with Gasteiger partial charge in [-0.25, -0.2) is 4.98 Å². The van der Waals surface area contributed by atoms with E-state index in [1.807, 2.05) is 28.8 Å². The van der Waals surface area contributed by atoms with Gasteiger partial charge in [0.1, 0.15) is 17.3 Å². The Morgan fingerprint density at radius 3 is 2.71 bits per heavy atom. The van der Waals surface area contributed by atoms with Gasteiger partial charge in [0, 0.05) is 40.1 Å². The average Bonchev–Trinajstić information content (AvgIpc) is 2.95. The highest BCUT2D eigenvalue weighted by atomic mass is 35.5. The van der Waals surface area contributed by atoms with Crippen molar-refractivity contribution in [2.45, 2.75) is 38.6 Å². The number of rotatable bonds is 7. The summed E-state index contributed by atoms with van der Waals surface area (Å²) in [7, 11) is 3.27. The molecule has 38 heavy (non-hydrogen) atoms. The summed E-state index contributed by atoms with van der Waals surface area (Å²) in [4.78, 5) is 19.7. The van der Waals surface area contributed by atoms with Gasteiger partial charge in [-0.2, -0.15) is 0 Å². The summed E-state index contributed by atoms with van der Waals surface area (Å²) in [6, 6.07) is 11.0. The van der Waals surface area contributed by atoms with Crippen molar-refractivity contribution in [1.82, 2.24) is 9.55 Å². The first-order valence-electron chi connectivity index (χ1n) is 13.0. The molecule has 0 aliphatic heterocycles. The molecule has 1 fully saturated rings. The third-order valence-electron chi connectivity index (χ3n) is 7.65. The number of fused-ring (bicyclic) bond motifs is 1. The molecule has 0 saturated heterocycles. The van der Waals surface area contributed by atoms with Gasteiger partial charge < -0.3 is 15.2 Å². The monoisotopic (exact) mass is 549 g/mol. The second kappa shape index (κ2) is 11.4. The van der Waals surface area contributed by atoms with Crippen LogP contribution in [0, 0.1) is 11.8 Å². The van der Waals surface area contributed by atoms with Crippen molar-refractivity contribution in [2.24, 2.45) is 17.6 Å². The van der Waals surface area contributed by atoms with Crippen LogP contribution in [0.5, 0.6) is 11.5 Å². The minimum atomic E-state index is -0.0933. The normalized spacial score (nSPS) is 19.7. The Morgan fingerprint density at radius 1 is 1.13 bits per heavy atom. The van der Waals surface area contributed by atoms with Crippen LogP contribution in [0.15, 0.2) is 53.3 Å². The number of hydrogen-bond donors (Lipinski definition) is 1. The van der Waals surface area contributed by atoms with E-state index in [1.165, 1.54) is 0 Å². The van der Waals surface area contributed by atoms with Crippen molar-refractivity contribution in [2.75, 3.05) is 20.8 Å². The van der Waals surface area contributed by atoms with Crippen LogP contribution in [-0.4, -0.2) is 35.2 Å². The average molecular weight is 550 g/mol. The first-order chi connectivity index (χ1) is 18.4. The fourth-order valence-corrected chi connectivity index (χ4v) is 6.04. The highest BCUT2D eigenvalue weighted by Crippen LogP contribution is 2.36. The predicted molar refractivity (Wildman–Crippen MR) is 158 cm³/mol. The summed E-state index contributed by atoms with van der Waals surface area (Å²) in [6.07, 6.45) is 9.02. The van der Waals surface area contributed by atoms with E-state index < -0.39 is 0 Å². The highest BCUT2D eigenvalue weighted by Gasteiger charge is 2.26. The van der Waals surface area contributed by atoms with E-state index in [4.69, 9.17) is 44.0 Å². The molecule has 1 aromatic heterocycles. The summed E-state index contributed by atoms with van der Waals surface area (Å²) in [5.41, 5.74) is 9.20. The van der Waals surface area contributed by atoms with E-state index in [2.05, 4.69) is 6.08 Å². The SMILES string of the molecule is COc1ccc(C2=CCC(=S)C(c3nc4ccc(Cl)cc4c(=O)n3CC3CCCC(CN)C3)=C2)c(OC)c1. The number of ether oxygens (including phenoxy) is 2. The number of thiocarbonyl (C=S) groups is 1. The minimum Gasteiger partial charge on any atom is -0.497 e. The Labute approximate surface area is 233 Å². The van der Waals surface area contributed by atoms with E-state index in [-0.39, 0.29) is 5.56 Å². The Hall–Kier alpha value is -3.00. The summed E-state index contributed by atoms with van der Waals surface area (Å²) < 4.78 is 12.9. The van der Waals surface area contributed by atoms with Gasteiger partial charge in [-0.3, -0.25) is 9.36 Å². The quantitative estimate of drug-likeness (QED) is 0.360. The van der Waals surface area contributed by atoms with Gasteiger partial charge in [0.15, 0.2) is 0 Å². The van der Waals surface area contributed by atoms with Crippen LogP contribution >= 0.6 is 23.8 Å². The molecule has 5 rings (SSSR count). The topological polar surface area (TPSA) is 79.4 Å². The molecule has 0 amide bonds. The lowest BCUT2D eigenvalue weighted by molar-refractivity contribution is 0.245. The maximum atomic E-state index is 13.9. The second-order valence-electron chi connectivity index (χ2n) is 10.1. The van der Waals surface area contributed by atoms with E-state index in [0.29, 0.717) is 64.6 Å². The fraction of sp³-hybridized carbons (Fsp3) is 0.367. The Bertz CT molecular complexity index is 1510. The van der Waals surface area contributed by atoms with E-state index in [0.717, 1.165) is 47.3 Å². The lowest BCUT2D eigenvalue weighted by Crippen LogP contribution is -2.32. The summed E-state index contributed by atoms with van der Waals surface area (Å²) in [6.45, 7) is 1.25. The summed E-state index contributed by atoms with van der Waals surface area (Å²) in [5, 5.41) is 1.03. The molecule has 0 bridgehead atoms. The zero-order valence-corrected chi connectivity index (χ0v) is 23.3. The molecule has 2 atom stereocenters. The van der Waals surface area contributed by atoms with Crippen molar-refractivity contribution in [3.05, 3.63) is 75.3 Å². The van der Waals surface area contributed by atoms with E-state index in [1.54, 1.807) is 32.4 Å². The highest BCUT2D eigenvalue weighted by molar-refractivity contribution is 7.81. The van der Waals surface area contributed by atoms with Crippen molar-refractivity contribution in [1.29, 1.82) is 0 Å². The number of hydrogen-bond acceptors (Lipinski definition) is 6. The van der Waals surface area contributed by atoms with Gasteiger partial charge >= 0.3 is 0 Å². The van der Waals surface area contributed by atoms with Crippen molar-refractivity contribution < 1.29 is 9.47 Å². The molecular weight excluding hydrogens is 518 g/mol. The number of aromatic nitrogens is 2. The second-order valence-corrected chi connectivity index (χ2v) is 11.0. The zero-order valence-electron chi connectivity index (χ0n) is 21.7. The van der Waals surface area contributed by atoms with Crippen LogP contribution in [0.2, 0.25) is 5.02 Å². The van der Waals surface area contributed by atoms with Crippen molar-refractivity contribution >= 4 is 50.7 Å². The number of benzene rings is 2. The van der Waals surface area contributed by atoms with Gasteiger partial charge in [-0.15, -0.1) is 0 Å². The molecule has 2 N–H and O–H groups in total. The Balaban J connectivity index is 1.64. The third-order valence-corrected chi connectivity index (χ3v) is 8.27. The Morgan fingerprint density at radius 2 is 1.95 bits per heavy atom. The minimum absolute atomic E-state index is 0.0933. The van der Waals surface area contributed by atoms with Gasteiger partial charge in [0.25, 0.3) is 5.56 Å². The van der Waals surface area contributed by atoms with Gasteiger partial charge in [-0.1, -0.05) is 36.3 Å². The molecule has 198 valence electrons. The van der Waals surface area contributed by atoms with Crippen LogP contribution < -0.4 is 20.8 Å². The van der Waals surface area contributed by atoms with Crippen LogP contribution in [0.4, 0.5) is 0 Å². The van der Waals surface area contributed by atoms with E-state index >= 15 is 0 Å². The molecule has 2 aliphatic carbocycles. The number of nitrogens with two attached hydrogens (primary N) is 1. The molecule has 0 radical (unpaired) electrons. The molecule has 3 aromatic rings. The third kappa shape index (κ3) is 5.28. The van der Waals surface area contributed by atoms with Gasteiger partial charge in [0.2, 0.25) is 0 Å². The maximum absolute atomic E-state index is 13.9. The first kappa shape index (κ1) is 26.6. The molecule has 0 spiro atoms. The molecular formula is C30H32ClN3O3S. The summed E-state index contributed by atoms with van der Waals surface area (Å²) >= 11 is 12.1. The predicted octanol–water partition coefficient (Wildman–Crippen LogP) is 6.07. The van der Waals surface area contributed by atoms with Crippen LogP contribution in [0.3, 0.4) is 0 Å². The van der Waals surface area contributed by atoms with E-state index in [9.17, 15) is 4.79 Å². The van der Waals surface area contributed by atoms with Crippen LogP contribution in [-0.2, 0) is 6.54 Å². The molecule has 6 nitrogen and oxygen atoms in total. The summed E-state index contributed by atoms with van der Waals surface area (Å²) in [5.74, 6) is 2.86. The standard InChI is InChI=1S/C30H32ClN3O3S/c1-36-22-8-9-23(27(15-22)37-2)20-6-11-28(38)25(13-20)29-33-26-10-7-21(31)14-24(26)30(35)34(29)17-19-5-3-4-18(12-19)16-32/h6-10,13-15,18-19H,3-5,11-12,16-17,32H2,1-2H3. The molecule has 2 aliphatic rings. The Kier molecular flexibility index (Phi) is 7.98. The van der Waals surface area contributed by atoms with Crippen molar-refractivity contribution in [3.63, 3.8) is 0 Å². The molecule has 1 saturated carbocycles. The maximum Gasteiger partial charge on any atom is 0.261 e.